The van der Waals surface area contributed by atoms with Gasteiger partial charge in [-0.25, -0.2) is 13.1 Å². The van der Waals surface area contributed by atoms with Gasteiger partial charge in [0, 0.05) is 36.0 Å². The molecule has 0 saturated heterocycles. The van der Waals surface area contributed by atoms with Crippen LogP contribution in [0.1, 0.15) is 39.0 Å². The van der Waals surface area contributed by atoms with Crippen LogP contribution in [0.3, 0.4) is 0 Å². The van der Waals surface area contributed by atoms with Crippen LogP contribution < -0.4 is 15.8 Å². The molecule has 0 aliphatic heterocycles. The Labute approximate surface area is 160 Å². The molecule has 27 heavy (non-hydrogen) atoms. The first-order valence-corrected chi connectivity index (χ1v) is 10.9. The van der Waals surface area contributed by atoms with Crippen LogP contribution in [0.2, 0.25) is 0 Å². The number of anilines is 1. The van der Waals surface area contributed by atoms with Gasteiger partial charge in [-0.15, -0.1) is 0 Å². The van der Waals surface area contributed by atoms with Crippen molar-refractivity contribution in [3.05, 3.63) is 36.4 Å². The maximum absolute atomic E-state index is 13.1. The van der Waals surface area contributed by atoms with E-state index in [1.165, 1.54) is 13.3 Å². The Bertz CT molecular complexity index is 921. The van der Waals surface area contributed by atoms with Crippen LogP contribution >= 0.6 is 0 Å². The van der Waals surface area contributed by atoms with Crippen molar-refractivity contribution in [2.75, 3.05) is 11.9 Å². The molecule has 1 saturated carbocycles. The van der Waals surface area contributed by atoms with Crippen molar-refractivity contribution in [2.24, 2.45) is 11.7 Å². The van der Waals surface area contributed by atoms with Crippen LogP contribution in [0.15, 0.2) is 41.3 Å². The highest BCUT2D eigenvalue weighted by Gasteiger charge is 2.28. The normalized spacial score (nSPS) is 17.0. The van der Waals surface area contributed by atoms with Gasteiger partial charge in [0.2, 0.25) is 15.9 Å². The Morgan fingerprint density at radius 2 is 1.78 bits per heavy atom. The van der Waals surface area contributed by atoms with E-state index in [2.05, 4.69) is 10.0 Å². The van der Waals surface area contributed by atoms with Gasteiger partial charge in [0.05, 0.1) is 4.90 Å². The van der Waals surface area contributed by atoms with E-state index in [4.69, 9.17) is 5.73 Å². The number of nitrogens with two attached hydrogens (primary N) is 1. The summed E-state index contributed by atoms with van der Waals surface area (Å²) in [5, 5.41) is 4.03. The molecule has 7 heteroatoms. The van der Waals surface area contributed by atoms with Gasteiger partial charge in [0.25, 0.3) is 0 Å². The lowest BCUT2D eigenvalue weighted by molar-refractivity contribution is -0.114. The minimum absolute atomic E-state index is 0.200. The quantitative estimate of drug-likeness (QED) is 0.707. The van der Waals surface area contributed by atoms with Gasteiger partial charge in [-0.3, -0.25) is 4.79 Å². The fraction of sp³-hybridized carbons (Fsp3) is 0.450. The number of carbonyl (C=O) groups is 1. The largest absolute Gasteiger partial charge is 0.329 e. The molecule has 0 spiro atoms. The van der Waals surface area contributed by atoms with Crippen molar-refractivity contribution in [1.29, 1.82) is 0 Å². The molecule has 0 bridgehead atoms. The zero-order valence-corrected chi connectivity index (χ0v) is 16.4. The van der Waals surface area contributed by atoms with Crippen molar-refractivity contribution in [1.82, 2.24) is 4.72 Å². The number of rotatable bonds is 6. The average Bonchev–Trinajstić information content (AvgIpc) is 2.66. The third-order valence-corrected chi connectivity index (χ3v) is 6.81. The second-order valence-electron chi connectivity index (χ2n) is 7.20. The molecule has 1 atom stereocenters. The summed E-state index contributed by atoms with van der Waals surface area (Å²) in [6.07, 6.45) is 5.46. The van der Waals surface area contributed by atoms with Crippen molar-refractivity contribution in [2.45, 2.75) is 50.0 Å². The predicted octanol–water partition coefficient (Wildman–Crippen LogP) is 2.98. The highest BCUT2D eigenvalue weighted by molar-refractivity contribution is 7.89. The number of nitrogens with one attached hydrogen (secondary N) is 2. The Morgan fingerprint density at radius 3 is 2.41 bits per heavy atom. The van der Waals surface area contributed by atoms with Crippen LogP contribution in [-0.4, -0.2) is 26.9 Å². The van der Waals surface area contributed by atoms with Crippen LogP contribution in [0.5, 0.6) is 0 Å². The standard InChI is InChI=1S/C20H27N3O3S/c1-14(24)22-18-11-12-20(17-10-6-5-9-16(17)18)27(25,26)23-19(13-21)15-7-3-2-4-8-15/h5-6,9-12,15,19,23H,2-4,7-8,13,21H2,1H3,(H,22,24). The molecule has 0 radical (unpaired) electrons. The molecule has 6 nitrogen and oxygen atoms in total. The van der Waals surface area contributed by atoms with Crippen molar-refractivity contribution < 1.29 is 13.2 Å². The van der Waals surface area contributed by atoms with E-state index in [-0.39, 0.29) is 29.3 Å². The third kappa shape index (κ3) is 4.48. The lowest BCUT2D eigenvalue weighted by Crippen LogP contribution is -2.45. The number of hydrogen-bond acceptors (Lipinski definition) is 4. The fourth-order valence-corrected chi connectivity index (χ4v) is 5.47. The van der Waals surface area contributed by atoms with Gasteiger partial charge >= 0.3 is 0 Å². The molecule has 0 aromatic heterocycles. The smallest absolute Gasteiger partial charge is 0.241 e. The summed E-state index contributed by atoms with van der Waals surface area (Å²) in [5.74, 6) is 0.0813. The molecule has 2 aromatic carbocycles. The molecule has 1 aliphatic rings. The fourth-order valence-electron chi connectivity index (χ4n) is 3.94. The first-order chi connectivity index (χ1) is 12.9. The van der Waals surface area contributed by atoms with Crippen molar-refractivity contribution in [3.8, 4) is 0 Å². The van der Waals surface area contributed by atoms with E-state index in [1.807, 2.05) is 6.07 Å². The molecule has 146 valence electrons. The Morgan fingerprint density at radius 1 is 1.11 bits per heavy atom. The molecule has 1 aliphatic carbocycles. The number of amides is 1. The van der Waals surface area contributed by atoms with Crippen LogP contribution in [0.4, 0.5) is 5.69 Å². The topological polar surface area (TPSA) is 101 Å². The molecule has 4 N–H and O–H groups in total. The molecule has 1 unspecified atom stereocenters. The molecule has 3 rings (SSSR count). The molecule has 2 aromatic rings. The Hall–Kier alpha value is -1.96. The van der Waals surface area contributed by atoms with Gasteiger partial charge in [-0.2, -0.15) is 0 Å². The molecule has 1 fully saturated rings. The first kappa shape index (κ1) is 19.8. The number of sulfonamides is 1. The number of benzene rings is 2. The second-order valence-corrected chi connectivity index (χ2v) is 8.88. The molecule has 0 heterocycles. The van der Waals surface area contributed by atoms with E-state index in [0.29, 0.717) is 16.5 Å². The number of carbonyl (C=O) groups excluding carboxylic acids is 1. The SMILES string of the molecule is CC(=O)Nc1ccc(S(=O)(=O)NC(CN)C2CCCCC2)c2ccccc12. The minimum atomic E-state index is -3.74. The number of fused-ring (bicyclic) bond motifs is 1. The highest BCUT2D eigenvalue weighted by Crippen LogP contribution is 2.31. The van der Waals surface area contributed by atoms with Crippen LogP contribution in [0.25, 0.3) is 10.8 Å². The average molecular weight is 390 g/mol. The van der Waals surface area contributed by atoms with Gasteiger partial charge in [-0.05, 0) is 30.9 Å². The van der Waals surface area contributed by atoms with E-state index in [1.54, 1.807) is 30.3 Å². The zero-order chi connectivity index (χ0) is 19.4. The summed E-state index contributed by atoms with van der Waals surface area (Å²) >= 11 is 0. The van der Waals surface area contributed by atoms with Gasteiger partial charge in [0.1, 0.15) is 0 Å². The monoisotopic (exact) mass is 389 g/mol. The van der Waals surface area contributed by atoms with Crippen LogP contribution in [-0.2, 0) is 14.8 Å². The van der Waals surface area contributed by atoms with Gasteiger partial charge in [-0.1, -0.05) is 43.5 Å². The van der Waals surface area contributed by atoms with Crippen molar-refractivity contribution in [3.63, 3.8) is 0 Å². The van der Waals surface area contributed by atoms with E-state index >= 15 is 0 Å². The summed E-state index contributed by atoms with van der Waals surface area (Å²) < 4.78 is 29.1. The Kier molecular flexibility index (Phi) is 6.14. The van der Waals surface area contributed by atoms with Crippen LogP contribution in [0, 0.1) is 5.92 Å². The molecular weight excluding hydrogens is 362 g/mol. The van der Waals surface area contributed by atoms with E-state index in [9.17, 15) is 13.2 Å². The summed E-state index contributed by atoms with van der Waals surface area (Å²) in [7, 11) is -3.74. The van der Waals surface area contributed by atoms with E-state index < -0.39 is 10.0 Å². The summed E-state index contributed by atoms with van der Waals surface area (Å²) in [6.45, 7) is 1.71. The third-order valence-electron chi connectivity index (χ3n) is 5.26. The van der Waals surface area contributed by atoms with Gasteiger partial charge in [0.15, 0.2) is 0 Å². The second kappa shape index (κ2) is 8.37. The Balaban J connectivity index is 1.96. The van der Waals surface area contributed by atoms with Crippen molar-refractivity contribution >= 4 is 32.4 Å². The lowest BCUT2D eigenvalue weighted by atomic mass is 9.84. The number of hydrogen-bond donors (Lipinski definition) is 3. The highest BCUT2D eigenvalue weighted by atomic mass is 32.2. The summed E-state index contributed by atoms with van der Waals surface area (Å²) in [6, 6.07) is 10.1. The molecule has 1 amide bonds. The van der Waals surface area contributed by atoms with E-state index in [0.717, 1.165) is 25.7 Å². The predicted molar refractivity (Wildman–Crippen MR) is 108 cm³/mol. The maximum atomic E-state index is 13.1. The zero-order valence-electron chi connectivity index (χ0n) is 15.6. The first-order valence-electron chi connectivity index (χ1n) is 9.44. The van der Waals surface area contributed by atoms with Gasteiger partial charge < -0.3 is 11.1 Å². The summed E-state index contributed by atoms with van der Waals surface area (Å²) in [4.78, 5) is 11.7. The summed E-state index contributed by atoms with van der Waals surface area (Å²) in [5.41, 5.74) is 6.50. The minimum Gasteiger partial charge on any atom is -0.329 e. The maximum Gasteiger partial charge on any atom is 0.241 e. The lowest BCUT2D eigenvalue weighted by Gasteiger charge is -2.30. The molecular formula is C20H27N3O3S.